The first-order valence-electron chi connectivity index (χ1n) is 7.75. The predicted octanol–water partition coefficient (Wildman–Crippen LogP) is 3.82. The highest BCUT2D eigenvalue weighted by Crippen LogP contribution is 2.28. The molecule has 2 aromatic rings. The second kappa shape index (κ2) is 6.31. The molecule has 2 heteroatoms. The van der Waals surface area contributed by atoms with Crippen LogP contribution in [0.1, 0.15) is 29.2 Å². The van der Waals surface area contributed by atoms with E-state index in [1.807, 2.05) is 0 Å². The summed E-state index contributed by atoms with van der Waals surface area (Å²) >= 11 is 0. The normalized spacial score (nSPS) is 14.8. The van der Waals surface area contributed by atoms with Crippen LogP contribution in [0.3, 0.4) is 0 Å². The number of hydrogen-bond donors (Lipinski definition) is 0. The van der Waals surface area contributed by atoms with Gasteiger partial charge >= 0.3 is 0 Å². The fraction of sp³-hybridized carbons (Fsp3) is 0.368. The molecule has 0 N–H and O–H groups in total. The molecule has 0 saturated carbocycles. The van der Waals surface area contributed by atoms with Gasteiger partial charge in [-0.15, -0.1) is 0 Å². The smallest absolute Gasteiger partial charge is 0.122 e. The van der Waals surface area contributed by atoms with E-state index in [-0.39, 0.29) is 0 Å². The third-order valence-electron chi connectivity index (χ3n) is 4.36. The minimum absolute atomic E-state index is 1.02. The number of benzene rings is 2. The Hall–Kier alpha value is -1.80. The summed E-state index contributed by atoms with van der Waals surface area (Å²) in [5.41, 5.74) is 5.61. The summed E-state index contributed by atoms with van der Waals surface area (Å²) in [6.45, 7) is 5.34. The Balaban J connectivity index is 1.71. The number of fused-ring (bicyclic) bond motifs is 1. The van der Waals surface area contributed by atoms with Crippen molar-refractivity contribution in [2.45, 2.75) is 32.9 Å². The molecule has 21 heavy (non-hydrogen) atoms. The van der Waals surface area contributed by atoms with Crippen molar-refractivity contribution in [3.63, 3.8) is 0 Å². The van der Waals surface area contributed by atoms with Crippen molar-refractivity contribution in [3.8, 4) is 5.75 Å². The molecule has 110 valence electrons. The van der Waals surface area contributed by atoms with Crippen LogP contribution in [0.15, 0.2) is 42.5 Å². The molecule has 2 aromatic carbocycles. The number of nitrogens with zero attached hydrogens (tertiary/aromatic N) is 1. The maximum absolute atomic E-state index is 5.47. The van der Waals surface area contributed by atoms with Crippen LogP contribution >= 0.6 is 0 Å². The number of methoxy groups -OCH3 is 1. The van der Waals surface area contributed by atoms with Gasteiger partial charge in [0.2, 0.25) is 0 Å². The number of rotatable bonds is 4. The Labute approximate surface area is 127 Å². The summed E-state index contributed by atoms with van der Waals surface area (Å²) in [7, 11) is 1.76. The first kappa shape index (κ1) is 14.2. The van der Waals surface area contributed by atoms with E-state index in [1.54, 1.807) is 7.11 Å². The molecule has 0 aromatic heterocycles. The molecule has 3 rings (SSSR count). The maximum atomic E-state index is 5.47. The Bertz CT molecular complexity index is 603. The number of ether oxygens (including phenoxy) is 1. The molecular weight excluding hydrogens is 258 g/mol. The van der Waals surface area contributed by atoms with E-state index in [9.17, 15) is 0 Å². The van der Waals surface area contributed by atoms with Gasteiger partial charge < -0.3 is 4.74 Å². The highest BCUT2D eigenvalue weighted by Gasteiger charge is 2.19. The van der Waals surface area contributed by atoms with Crippen molar-refractivity contribution < 1.29 is 4.74 Å². The SMILES string of the molecule is CCc1ccc(CN2CCc3c(cccc3OC)C2)cc1. The first-order valence-corrected chi connectivity index (χ1v) is 7.75. The van der Waals surface area contributed by atoms with Crippen LogP contribution in [0, 0.1) is 0 Å². The highest BCUT2D eigenvalue weighted by molar-refractivity contribution is 5.41. The van der Waals surface area contributed by atoms with Gasteiger partial charge in [0.1, 0.15) is 5.75 Å². The van der Waals surface area contributed by atoms with Gasteiger partial charge in [0, 0.05) is 19.6 Å². The Morgan fingerprint density at radius 1 is 1.05 bits per heavy atom. The Morgan fingerprint density at radius 3 is 2.52 bits per heavy atom. The number of aryl methyl sites for hydroxylation is 1. The van der Waals surface area contributed by atoms with Gasteiger partial charge in [-0.2, -0.15) is 0 Å². The van der Waals surface area contributed by atoms with Crippen LogP contribution in [0.4, 0.5) is 0 Å². The lowest BCUT2D eigenvalue weighted by Crippen LogP contribution is -2.30. The second-order valence-corrected chi connectivity index (χ2v) is 5.73. The molecule has 0 unspecified atom stereocenters. The lowest BCUT2D eigenvalue weighted by molar-refractivity contribution is 0.242. The molecule has 1 aliphatic rings. The van der Waals surface area contributed by atoms with E-state index in [0.717, 1.165) is 38.2 Å². The van der Waals surface area contributed by atoms with Crippen molar-refractivity contribution in [1.82, 2.24) is 4.90 Å². The van der Waals surface area contributed by atoms with Gasteiger partial charge in [-0.3, -0.25) is 4.90 Å². The molecule has 0 saturated heterocycles. The average molecular weight is 281 g/mol. The summed E-state index contributed by atoms with van der Waals surface area (Å²) in [4.78, 5) is 2.52. The molecule has 0 fully saturated rings. The van der Waals surface area contributed by atoms with Crippen molar-refractivity contribution in [2.24, 2.45) is 0 Å². The van der Waals surface area contributed by atoms with Gasteiger partial charge in [-0.05, 0) is 41.2 Å². The minimum Gasteiger partial charge on any atom is -0.496 e. The fourth-order valence-electron chi connectivity index (χ4n) is 3.10. The Morgan fingerprint density at radius 2 is 1.81 bits per heavy atom. The second-order valence-electron chi connectivity index (χ2n) is 5.73. The van der Waals surface area contributed by atoms with Crippen molar-refractivity contribution in [2.75, 3.05) is 13.7 Å². The molecule has 0 amide bonds. The molecule has 1 heterocycles. The topological polar surface area (TPSA) is 12.5 Å². The third-order valence-corrected chi connectivity index (χ3v) is 4.36. The van der Waals surface area contributed by atoms with E-state index in [4.69, 9.17) is 4.74 Å². The zero-order chi connectivity index (χ0) is 14.7. The predicted molar refractivity (Wildman–Crippen MR) is 86.6 cm³/mol. The molecule has 0 aliphatic carbocycles. The zero-order valence-electron chi connectivity index (χ0n) is 12.9. The first-order chi connectivity index (χ1) is 10.3. The summed E-state index contributed by atoms with van der Waals surface area (Å²) in [6, 6.07) is 15.4. The van der Waals surface area contributed by atoms with E-state index < -0.39 is 0 Å². The molecular formula is C19H23NO. The quantitative estimate of drug-likeness (QED) is 0.845. The van der Waals surface area contributed by atoms with E-state index in [0.29, 0.717) is 0 Å². The van der Waals surface area contributed by atoms with Crippen LogP contribution in [0.2, 0.25) is 0 Å². The van der Waals surface area contributed by atoms with Crippen LogP contribution in [0.25, 0.3) is 0 Å². The minimum atomic E-state index is 1.02. The average Bonchev–Trinajstić information content (AvgIpc) is 2.54. The van der Waals surface area contributed by atoms with E-state index in [2.05, 4.69) is 54.3 Å². The lowest BCUT2D eigenvalue weighted by atomic mass is 9.98. The third kappa shape index (κ3) is 3.11. The van der Waals surface area contributed by atoms with E-state index in [1.165, 1.54) is 22.3 Å². The zero-order valence-corrected chi connectivity index (χ0v) is 12.9. The highest BCUT2D eigenvalue weighted by atomic mass is 16.5. The largest absolute Gasteiger partial charge is 0.496 e. The van der Waals surface area contributed by atoms with Crippen molar-refractivity contribution in [1.29, 1.82) is 0 Å². The maximum Gasteiger partial charge on any atom is 0.122 e. The van der Waals surface area contributed by atoms with Gasteiger partial charge in [0.05, 0.1) is 7.11 Å². The molecule has 0 radical (unpaired) electrons. The Kier molecular flexibility index (Phi) is 4.26. The van der Waals surface area contributed by atoms with Gasteiger partial charge in [0.25, 0.3) is 0 Å². The van der Waals surface area contributed by atoms with Gasteiger partial charge in [-0.1, -0.05) is 43.3 Å². The van der Waals surface area contributed by atoms with Crippen LogP contribution in [-0.2, 0) is 25.9 Å². The summed E-state index contributed by atoms with van der Waals surface area (Å²) < 4.78 is 5.47. The molecule has 0 spiro atoms. The number of hydrogen-bond acceptors (Lipinski definition) is 2. The van der Waals surface area contributed by atoms with Crippen LogP contribution in [-0.4, -0.2) is 18.6 Å². The standard InChI is InChI=1S/C19H23NO/c1-3-15-7-9-16(10-8-15)13-20-12-11-18-17(14-20)5-4-6-19(18)21-2/h4-10H,3,11-14H2,1-2H3. The van der Waals surface area contributed by atoms with Crippen LogP contribution < -0.4 is 4.74 Å². The fourth-order valence-corrected chi connectivity index (χ4v) is 3.10. The van der Waals surface area contributed by atoms with E-state index >= 15 is 0 Å². The monoisotopic (exact) mass is 281 g/mol. The van der Waals surface area contributed by atoms with Crippen LogP contribution in [0.5, 0.6) is 5.75 Å². The lowest BCUT2D eigenvalue weighted by Gasteiger charge is -2.29. The molecule has 2 nitrogen and oxygen atoms in total. The molecule has 0 bridgehead atoms. The summed E-state index contributed by atoms with van der Waals surface area (Å²) in [5, 5.41) is 0. The molecule has 0 atom stereocenters. The molecule has 1 aliphatic heterocycles. The summed E-state index contributed by atoms with van der Waals surface area (Å²) in [6.07, 6.45) is 2.18. The van der Waals surface area contributed by atoms with Gasteiger partial charge in [-0.25, -0.2) is 0 Å². The van der Waals surface area contributed by atoms with Crippen molar-refractivity contribution in [3.05, 3.63) is 64.7 Å². The van der Waals surface area contributed by atoms with Gasteiger partial charge in [0.15, 0.2) is 0 Å². The van der Waals surface area contributed by atoms with Crippen molar-refractivity contribution >= 4 is 0 Å². The summed E-state index contributed by atoms with van der Waals surface area (Å²) in [5.74, 6) is 1.04.